The van der Waals surface area contributed by atoms with Gasteiger partial charge in [0.05, 0.1) is 29.4 Å². The minimum Gasteiger partial charge on any atom is -0.411 e. The standard InChI is InChI=1S/C22H19F2N9O2/c1-11-9-27-31(2)17(11)20-28-29-21(35-20)22(34)32-7-6-13-16(26-10-25-13)18(32)14-8-12-4-3-5-15(19(23)24)33(12)30-14/h3-5,8-10,18-19H,6-7H2,1-2H3,(H,25,26). The van der Waals surface area contributed by atoms with Crippen molar-refractivity contribution in [3.8, 4) is 11.6 Å². The molecule has 0 radical (unpaired) electrons. The lowest BCUT2D eigenvalue weighted by atomic mass is 9.99. The number of aromatic nitrogens is 8. The van der Waals surface area contributed by atoms with Gasteiger partial charge in [-0.3, -0.25) is 9.48 Å². The second-order valence-electron chi connectivity index (χ2n) is 8.29. The molecule has 6 heterocycles. The Morgan fingerprint density at radius 1 is 1.29 bits per heavy atom. The topological polar surface area (TPSA) is 123 Å². The number of hydrogen-bond acceptors (Lipinski definition) is 7. The molecular formula is C22H19F2N9O2. The van der Waals surface area contributed by atoms with Crippen LogP contribution in [0, 0.1) is 6.92 Å². The first-order chi connectivity index (χ1) is 16.9. The van der Waals surface area contributed by atoms with Gasteiger partial charge in [-0.2, -0.15) is 10.2 Å². The van der Waals surface area contributed by atoms with Crippen molar-refractivity contribution in [1.29, 1.82) is 0 Å². The van der Waals surface area contributed by atoms with E-state index in [1.54, 1.807) is 42.5 Å². The Bertz CT molecular complexity index is 1540. The van der Waals surface area contributed by atoms with Crippen LogP contribution < -0.4 is 0 Å². The number of fused-ring (bicyclic) bond motifs is 2. The number of aryl methyl sites for hydroxylation is 2. The summed E-state index contributed by atoms with van der Waals surface area (Å²) in [5.41, 5.74) is 3.53. The number of nitrogens with zero attached hydrogens (tertiary/aromatic N) is 8. The van der Waals surface area contributed by atoms with E-state index in [1.165, 1.54) is 15.5 Å². The zero-order valence-electron chi connectivity index (χ0n) is 18.7. The van der Waals surface area contributed by atoms with Gasteiger partial charge in [-0.05, 0) is 30.7 Å². The largest absolute Gasteiger partial charge is 0.411 e. The molecule has 5 aromatic heterocycles. The first kappa shape index (κ1) is 21.1. The highest BCUT2D eigenvalue weighted by atomic mass is 19.3. The van der Waals surface area contributed by atoms with Gasteiger partial charge in [0.25, 0.3) is 12.3 Å². The average Bonchev–Trinajstić information content (AvgIpc) is 3.63. The zero-order valence-corrected chi connectivity index (χ0v) is 18.7. The number of imidazole rings is 1. The van der Waals surface area contributed by atoms with Gasteiger partial charge in [-0.15, -0.1) is 10.2 Å². The van der Waals surface area contributed by atoms with E-state index in [0.29, 0.717) is 35.6 Å². The van der Waals surface area contributed by atoms with E-state index in [1.807, 2.05) is 6.92 Å². The molecule has 0 spiro atoms. The van der Waals surface area contributed by atoms with Crippen LogP contribution >= 0.6 is 0 Å². The van der Waals surface area contributed by atoms with E-state index in [2.05, 4.69) is 30.4 Å². The lowest BCUT2D eigenvalue weighted by molar-refractivity contribution is 0.0646. The molecule has 1 amide bonds. The van der Waals surface area contributed by atoms with Crippen molar-refractivity contribution in [3.63, 3.8) is 0 Å². The number of nitrogens with one attached hydrogen (secondary N) is 1. The molecule has 1 aliphatic rings. The number of halogens is 2. The predicted octanol–water partition coefficient (Wildman–Crippen LogP) is 2.87. The number of H-pyrrole nitrogens is 1. The second-order valence-corrected chi connectivity index (χ2v) is 8.29. The third kappa shape index (κ3) is 3.30. The van der Waals surface area contributed by atoms with Crippen molar-refractivity contribution < 1.29 is 18.0 Å². The van der Waals surface area contributed by atoms with Crippen LogP contribution in [0.2, 0.25) is 0 Å². The second kappa shape index (κ2) is 7.82. The first-order valence-electron chi connectivity index (χ1n) is 10.8. The zero-order chi connectivity index (χ0) is 24.3. The Kier molecular flexibility index (Phi) is 4.72. The first-order valence-corrected chi connectivity index (χ1v) is 10.8. The van der Waals surface area contributed by atoms with Crippen LogP contribution in [0.25, 0.3) is 17.1 Å². The summed E-state index contributed by atoms with van der Waals surface area (Å²) in [6, 6.07) is 5.50. The fourth-order valence-electron chi connectivity index (χ4n) is 4.53. The SMILES string of the molecule is Cc1cnn(C)c1-c1nnc(C(=O)N2CCc3[nH]cnc3C2c2cc3cccc(C(F)F)n3n2)o1. The maximum absolute atomic E-state index is 13.6. The van der Waals surface area contributed by atoms with Crippen LogP contribution in [0.4, 0.5) is 8.78 Å². The quantitative estimate of drug-likeness (QED) is 0.420. The van der Waals surface area contributed by atoms with Crippen LogP contribution in [0.1, 0.15) is 51.5 Å². The number of amides is 1. The maximum atomic E-state index is 13.6. The van der Waals surface area contributed by atoms with E-state index in [9.17, 15) is 13.6 Å². The summed E-state index contributed by atoms with van der Waals surface area (Å²) in [4.78, 5) is 22.6. The summed E-state index contributed by atoms with van der Waals surface area (Å²) in [6.07, 6.45) is 1.03. The number of rotatable bonds is 4. The van der Waals surface area contributed by atoms with Gasteiger partial charge in [-0.1, -0.05) is 6.07 Å². The molecule has 0 aliphatic carbocycles. The molecule has 1 atom stereocenters. The van der Waals surface area contributed by atoms with Crippen LogP contribution in [0.15, 0.2) is 41.2 Å². The Hall–Kier alpha value is -4.42. The number of pyridine rings is 1. The van der Waals surface area contributed by atoms with E-state index in [4.69, 9.17) is 4.42 Å². The maximum Gasteiger partial charge on any atom is 0.312 e. The fourth-order valence-corrected chi connectivity index (χ4v) is 4.53. The number of carbonyl (C=O) groups excluding carboxylic acids is 1. The van der Waals surface area contributed by atoms with E-state index in [0.717, 1.165) is 11.3 Å². The molecule has 1 N–H and O–H groups in total. The summed E-state index contributed by atoms with van der Waals surface area (Å²) < 4.78 is 35.7. The molecule has 11 nitrogen and oxygen atoms in total. The summed E-state index contributed by atoms with van der Waals surface area (Å²) in [5.74, 6) is -0.524. The molecule has 1 unspecified atom stereocenters. The number of carbonyl (C=O) groups is 1. The third-order valence-corrected chi connectivity index (χ3v) is 6.16. The minimum atomic E-state index is -2.70. The molecule has 0 bridgehead atoms. The molecule has 0 fully saturated rings. The van der Waals surface area contributed by atoms with Crippen molar-refractivity contribution in [2.24, 2.45) is 7.05 Å². The summed E-state index contributed by atoms with van der Waals surface area (Å²) >= 11 is 0. The number of hydrogen-bond donors (Lipinski definition) is 1. The summed E-state index contributed by atoms with van der Waals surface area (Å²) in [7, 11) is 1.74. The summed E-state index contributed by atoms with van der Waals surface area (Å²) in [5, 5.41) is 16.6. The van der Waals surface area contributed by atoms with Crippen LogP contribution in [-0.4, -0.2) is 56.9 Å². The monoisotopic (exact) mass is 479 g/mol. The van der Waals surface area contributed by atoms with Crippen molar-refractivity contribution in [2.75, 3.05) is 6.54 Å². The molecule has 13 heteroatoms. The normalized spacial score (nSPS) is 15.8. The molecular weight excluding hydrogens is 460 g/mol. The molecule has 0 saturated heterocycles. The molecule has 0 saturated carbocycles. The van der Waals surface area contributed by atoms with Gasteiger partial charge in [0.15, 0.2) is 0 Å². The molecule has 1 aliphatic heterocycles. The van der Waals surface area contributed by atoms with Gasteiger partial charge < -0.3 is 14.3 Å². The minimum absolute atomic E-state index is 0.175. The fraction of sp³-hybridized carbons (Fsp3) is 0.273. The Morgan fingerprint density at radius 3 is 2.91 bits per heavy atom. The van der Waals surface area contributed by atoms with Gasteiger partial charge in [0.1, 0.15) is 17.4 Å². The van der Waals surface area contributed by atoms with Crippen LogP contribution in [-0.2, 0) is 13.5 Å². The van der Waals surface area contributed by atoms with Gasteiger partial charge in [-0.25, -0.2) is 18.3 Å². The molecule has 5 aromatic rings. The smallest absolute Gasteiger partial charge is 0.312 e. The molecule has 6 rings (SSSR count). The summed E-state index contributed by atoms with van der Waals surface area (Å²) in [6.45, 7) is 2.17. The van der Waals surface area contributed by atoms with Crippen LogP contribution in [0.5, 0.6) is 0 Å². The highest BCUT2D eigenvalue weighted by Gasteiger charge is 2.38. The van der Waals surface area contributed by atoms with E-state index < -0.39 is 18.4 Å². The molecule has 178 valence electrons. The van der Waals surface area contributed by atoms with Gasteiger partial charge >= 0.3 is 11.8 Å². The number of alkyl halides is 2. The van der Waals surface area contributed by atoms with Gasteiger partial charge in [0, 0.05) is 25.7 Å². The van der Waals surface area contributed by atoms with Gasteiger partial charge in [0.2, 0.25) is 0 Å². The predicted molar refractivity (Wildman–Crippen MR) is 117 cm³/mol. The molecule has 0 aromatic carbocycles. The van der Waals surface area contributed by atoms with Crippen molar-refractivity contribution in [3.05, 3.63) is 71.0 Å². The third-order valence-electron chi connectivity index (χ3n) is 6.16. The number of aromatic amines is 1. The lowest BCUT2D eigenvalue weighted by Crippen LogP contribution is -2.41. The lowest BCUT2D eigenvalue weighted by Gasteiger charge is -2.32. The van der Waals surface area contributed by atoms with Crippen molar-refractivity contribution in [2.45, 2.75) is 25.8 Å². The van der Waals surface area contributed by atoms with Crippen LogP contribution in [0.3, 0.4) is 0 Å². The highest BCUT2D eigenvalue weighted by molar-refractivity contribution is 5.90. The van der Waals surface area contributed by atoms with E-state index in [-0.39, 0.29) is 17.5 Å². The van der Waals surface area contributed by atoms with Crippen molar-refractivity contribution >= 4 is 11.4 Å². The average molecular weight is 479 g/mol. The molecule has 35 heavy (non-hydrogen) atoms. The van der Waals surface area contributed by atoms with Crippen molar-refractivity contribution in [1.82, 2.24) is 44.5 Å². The Balaban J connectivity index is 1.42. The van der Waals surface area contributed by atoms with E-state index >= 15 is 0 Å². The Morgan fingerprint density at radius 2 is 2.14 bits per heavy atom. The Labute approximate surface area is 196 Å². The highest BCUT2D eigenvalue weighted by Crippen LogP contribution is 2.35.